The molecule has 16 heavy (non-hydrogen) atoms. The lowest BCUT2D eigenvalue weighted by atomic mass is 9.58. The van der Waals surface area contributed by atoms with E-state index in [4.69, 9.17) is 0 Å². The highest BCUT2D eigenvalue weighted by Crippen LogP contribution is 2.52. The highest BCUT2D eigenvalue weighted by atomic mass is 16.1. The van der Waals surface area contributed by atoms with E-state index in [1.54, 1.807) is 0 Å². The van der Waals surface area contributed by atoms with Crippen molar-refractivity contribution in [3.8, 4) is 0 Å². The molecule has 1 fully saturated rings. The summed E-state index contributed by atoms with van der Waals surface area (Å²) in [6.45, 7) is 10.8. The Hall–Kier alpha value is -0.850. The molecule has 0 aromatic carbocycles. The molecule has 2 aliphatic carbocycles. The summed E-state index contributed by atoms with van der Waals surface area (Å²) < 4.78 is 0. The third-order valence-corrected chi connectivity index (χ3v) is 4.76. The van der Waals surface area contributed by atoms with Crippen molar-refractivity contribution in [2.24, 2.45) is 17.3 Å². The molecule has 2 aliphatic rings. The molecule has 0 saturated heterocycles. The second-order valence-corrected chi connectivity index (χ2v) is 5.95. The van der Waals surface area contributed by atoms with Crippen LogP contribution in [0.3, 0.4) is 0 Å². The van der Waals surface area contributed by atoms with Crippen molar-refractivity contribution in [1.82, 2.24) is 0 Å². The van der Waals surface area contributed by atoms with Gasteiger partial charge in [0.05, 0.1) is 0 Å². The van der Waals surface area contributed by atoms with Gasteiger partial charge in [0, 0.05) is 12.8 Å². The molecule has 3 unspecified atom stereocenters. The van der Waals surface area contributed by atoms with Crippen LogP contribution in [0.15, 0.2) is 23.8 Å². The van der Waals surface area contributed by atoms with Gasteiger partial charge in [-0.25, -0.2) is 0 Å². The Kier molecular flexibility index (Phi) is 2.81. The third kappa shape index (κ3) is 1.77. The van der Waals surface area contributed by atoms with Crippen molar-refractivity contribution in [2.75, 3.05) is 0 Å². The van der Waals surface area contributed by atoms with Gasteiger partial charge in [-0.3, -0.25) is 4.79 Å². The topological polar surface area (TPSA) is 17.1 Å². The van der Waals surface area contributed by atoms with Crippen LogP contribution < -0.4 is 0 Å². The van der Waals surface area contributed by atoms with Crippen LogP contribution in [0, 0.1) is 17.3 Å². The summed E-state index contributed by atoms with van der Waals surface area (Å²) >= 11 is 0. The van der Waals surface area contributed by atoms with E-state index < -0.39 is 0 Å². The molecule has 0 aliphatic heterocycles. The van der Waals surface area contributed by atoms with E-state index in [1.807, 2.05) is 0 Å². The fourth-order valence-corrected chi connectivity index (χ4v) is 3.26. The fraction of sp³-hybridized carbons (Fsp3) is 0.667. The number of fused-ring (bicyclic) bond motifs is 1. The van der Waals surface area contributed by atoms with Crippen molar-refractivity contribution in [2.45, 2.75) is 46.5 Å². The molecular weight excluding hydrogens is 196 g/mol. The number of Topliss-reactive ketones (excluding diaryl/α,β-unsaturated/α-hetero) is 1. The Morgan fingerprint density at radius 2 is 2.25 bits per heavy atom. The van der Waals surface area contributed by atoms with Crippen molar-refractivity contribution >= 4 is 5.78 Å². The van der Waals surface area contributed by atoms with Crippen LogP contribution in [0.1, 0.15) is 46.5 Å². The van der Waals surface area contributed by atoms with E-state index in [-0.39, 0.29) is 5.41 Å². The molecule has 0 bridgehead atoms. The minimum Gasteiger partial charge on any atom is -0.299 e. The number of ketones is 1. The molecule has 3 atom stereocenters. The molecule has 0 amide bonds. The van der Waals surface area contributed by atoms with Gasteiger partial charge in [-0.1, -0.05) is 37.6 Å². The largest absolute Gasteiger partial charge is 0.299 e. The quantitative estimate of drug-likeness (QED) is 0.610. The van der Waals surface area contributed by atoms with Gasteiger partial charge in [-0.2, -0.15) is 0 Å². The molecule has 88 valence electrons. The van der Waals surface area contributed by atoms with Crippen LogP contribution in [-0.2, 0) is 4.79 Å². The van der Waals surface area contributed by atoms with Gasteiger partial charge >= 0.3 is 0 Å². The van der Waals surface area contributed by atoms with E-state index in [9.17, 15) is 4.79 Å². The predicted molar refractivity (Wildman–Crippen MR) is 67.1 cm³/mol. The second kappa shape index (κ2) is 3.87. The Bertz CT molecular complexity index is 364. The van der Waals surface area contributed by atoms with E-state index in [2.05, 4.69) is 33.4 Å². The number of hydrogen-bond acceptors (Lipinski definition) is 1. The molecule has 2 rings (SSSR count). The van der Waals surface area contributed by atoms with Crippen molar-refractivity contribution in [3.63, 3.8) is 0 Å². The highest BCUT2D eigenvalue weighted by molar-refractivity contribution is 5.83. The zero-order chi connectivity index (χ0) is 11.9. The molecule has 0 radical (unpaired) electrons. The van der Waals surface area contributed by atoms with Crippen LogP contribution in [0.25, 0.3) is 0 Å². The number of carbonyl (C=O) groups excluding carboxylic acids is 1. The summed E-state index contributed by atoms with van der Waals surface area (Å²) in [4.78, 5) is 11.6. The number of carbonyl (C=O) groups is 1. The van der Waals surface area contributed by atoms with E-state index in [0.29, 0.717) is 24.0 Å². The first kappa shape index (κ1) is 11.6. The number of allylic oxidation sites excluding steroid dienone is 3. The molecular formula is C15H22O. The normalized spacial score (nSPS) is 38.9. The molecule has 0 heterocycles. The van der Waals surface area contributed by atoms with E-state index in [0.717, 1.165) is 12.8 Å². The van der Waals surface area contributed by atoms with Crippen molar-refractivity contribution in [1.29, 1.82) is 0 Å². The summed E-state index contributed by atoms with van der Waals surface area (Å²) in [5, 5.41) is 0. The summed E-state index contributed by atoms with van der Waals surface area (Å²) in [7, 11) is 0. The lowest BCUT2D eigenvalue weighted by molar-refractivity contribution is -0.122. The molecule has 0 aromatic rings. The number of rotatable bonds is 1. The average molecular weight is 218 g/mol. The third-order valence-electron chi connectivity index (χ3n) is 4.76. The maximum Gasteiger partial charge on any atom is 0.137 e. The first-order chi connectivity index (χ1) is 7.43. The van der Waals surface area contributed by atoms with Gasteiger partial charge in [0.2, 0.25) is 0 Å². The summed E-state index contributed by atoms with van der Waals surface area (Å²) in [6.07, 6.45) is 6.04. The van der Waals surface area contributed by atoms with Gasteiger partial charge in [0.25, 0.3) is 0 Å². The Morgan fingerprint density at radius 3 is 2.88 bits per heavy atom. The molecule has 1 nitrogen and oxygen atoms in total. The molecule has 0 aromatic heterocycles. The first-order valence-corrected chi connectivity index (χ1v) is 6.30. The number of hydrogen-bond donors (Lipinski definition) is 0. The lowest BCUT2D eigenvalue weighted by Crippen LogP contribution is -2.39. The SMILES string of the molecule is C=C(C)C1CC=C2CC(=O)CC(C)C2(C)C1. The van der Waals surface area contributed by atoms with Crippen LogP contribution in [-0.4, -0.2) is 5.78 Å². The Morgan fingerprint density at radius 1 is 1.56 bits per heavy atom. The summed E-state index contributed by atoms with van der Waals surface area (Å²) in [5.74, 6) is 1.52. The molecule has 1 saturated carbocycles. The highest BCUT2D eigenvalue weighted by Gasteiger charge is 2.43. The zero-order valence-corrected chi connectivity index (χ0v) is 10.7. The molecule has 1 heteroatoms. The van der Waals surface area contributed by atoms with Crippen molar-refractivity contribution < 1.29 is 4.79 Å². The zero-order valence-electron chi connectivity index (χ0n) is 10.7. The molecule has 0 N–H and O–H groups in total. The predicted octanol–water partition coefficient (Wildman–Crippen LogP) is 3.90. The summed E-state index contributed by atoms with van der Waals surface area (Å²) in [6, 6.07) is 0. The van der Waals surface area contributed by atoms with Crippen LogP contribution in [0.4, 0.5) is 0 Å². The van der Waals surface area contributed by atoms with Crippen LogP contribution in [0.5, 0.6) is 0 Å². The van der Waals surface area contributed by atoms with Crippen molar-refractivity contribution in [3.05, 3.63) is 23.8 Å². The summed E-state index contributed by atoms with van der Waals surface area (Å²) in [5.41, 5.74) is 2.94. The van der Waals surface area contributed by atoms with Gasteiger partial charge in [-0.15, -0.1) is 0 Å². The second-order valence-electron chi connectivity index (χ2n) is 5.95. The fourth-order valence-electron chi connectivity index (χ4n) is 3.26. The van der Waals surface area contributed by atoms with E-state index >= 15 is 0 Å². The maximum absolute atomic E-state index is 11.6. The Balaban J connectivity index is 2.30. The standard InChI is InChI=1S/C15H22O/c1-10(2)12-5-6-13-8-14(16)7-11(3)15(13,4)9-12/h6,11-12H,1,5,7-9H2,2-4H3. The van der Waals surface area contributed by atoms with Crippen LogP contribution >= 0.6 is 0 Å². The van der Waals surface area contributed by atoms with Gasteiger partial charge < -0.3 is 0 Å². The Labute approximate surface area is 98.6 Å². The van der Waals surface area contributed by atoms with Gasteiger partial charge in [-0.05, 0) is 37.0 Å². The monoisotopic (exact) mass is 218 g/mol. The minimum absolute atomic E-state index is 0.246. The van der Waals surface area contributed by atoms with Crippen LogP contribution in [0.2, 0.25) is 0 Å². The van der Waals surface area contributed by atoms with Gasteiger partial charge in [0.1, 0.15) is 5.78 Å². The lowest BCUT2D eigenvalue weighted by Gasteiger charge is -2.46. The first-order valence-electron chi connectivity index (χ1n) is 6.30. The smallest absolute Gasteiger partial charge is 0.137 e. The maximum atomic E-state index is 11.6. The molecule has 0 spiro atoms. The van der Waals surface area contributed by atoms with Gasteiger partial charge in [0.15, 0.2) is 0 Å². The average Bonchev–Trinajstić information content (AvgIpc) is 2.19. The van der Waals surface area contributed by atoms with E-state index in [1.165, 1.54) is 17.6 Å². The minimum atomic E-state index is 0.246.